The quantitative estimate of drug-likeness (QED) is 0.652. The van der Waals surface area contributed by atoms with E-state index in [1.165, 1.54) is 5.56 Å². The number of hydrogen-bond acceptors (Lipinski definition) is 4. The average molecular weight is 487 g/mol. The molecule has 3 heterocycles. The van der Waals surface area contributed by atoms with E-state index in [9.17, 15) is 14.4 Å². The Bertz CT molecular complexity index is 1120. The lowest BCUT2D eigenvalue weighted by atomic mass is 9.85. The molecule has 2 unspecified atom stereocenters. The summed E-state index contributed by atoms with van der Waals surface area (Å²) in [4.78, 5) is 47.8. The summed E-state index contributed by atoms with van der Waals surface area (Å²) in [6.07, 6.45) is 4.16. The van der Waals surface area contributed by atoms with Crippen molar-refractivity contribution in [2.24, 2.45) is 5.92 Å². The van der Waals surface area contributed by atoms with E-state index in [-0.39, 0.29) is 30.2 Å². The first kappa shape index (κ1) is 23.1. The molecule has 1 spiro atoms. The number of anilines is 1. The molecule has 7 nitrogen and oxygen atoms in total. The lowest BCUT2D eigenvalue weighted by Crippen LogP contribution is -2.57. The van der Waals surface area contributed by atoms with Gasteiger partial charge in [-0.05, 0) is 55.7 Å². The maximum atomic E-state index is 13.9. The molecule has 1 aliphatic carbocycles. The van der Waals surface area contributed by atoms with Gasteiger partial charge in [-0.3, -0.25) is 14.4 Å². The van der Waals surface area contributed by atoms with Crippen LogP contribution in [0.3, 0.4) is 0 Å². The molecule has 0 N–H and O–H groups in total. The number of rotatable bonds is 5. The highest BCUT2D eigenvalue weighted by Gasteiger charge is 2.55. The molecule has 3 aliphatic heterocycles. The predicted octanol–water partition coefficient (Wildman–Crippen LogP) is 3.08. The van der Waals surface area contributed by atoms with E-state index in [2.05, 4.69) is 17.0 Å². The molecule has 6 rings (SSSR count). The van der Waals surface area contributed by atoms with Gasteiger partial charge < -0.3 is 19.6 Å². The molecule has 7 heteroatoms. The van der Waals surface area contributed by atoms with Crippen molar-refractivity contribution in [1.29, 1.82) is 0 Å². The first-order valence-corrected chi connectivity index (χ1v) is 13.3. The summed E-state index contributed by atoms with van der Waals surface area (Å²) >= 11 is 0. The van der Waals surface area contributed by atoms with Gasteiger partial charge in [0.15, 0.2) is 0 Å². The fraction of sp³-hybridized carbons (Fsp3) is 0.483. The number of piperidine rings is 1. The van der Waals surface area contributed by atoms with Crippen LogP contribution in [0.1, 0.15) is 43.6 Å². The van der Waals surface area contributed by atoms with Crippen LogP contribution < -0.4 is 4.90 Å². The Hall–Kier alpha value is -3.35. The van der Waals surface area contributed by atoms with E-state index in [1.807, 2.05) is 58.3 Å². The Kier molecular flexibility index (Phi) is 5.94. The summed E-state index contributed by atoms with van der Waals surface area (Å²) < 4.78 is 0. The third-order valence-electron chi connectivity index (χ3n) is 8.60. The third-order valence-corrected chi connectivity index (χ3v) is 8.60. The summed E-state index contributed by atoms with van der Waals surface area (Å²) in [7, 11) is 0. The van der Waals surface area contributed by atoms with Crippen molar-refractivity contribution in [3.63, 3.8) is 0 Å². The number of nitrogens with zero attached hydrogens (tertiary/aromatic N) is 4. The van der Waals surface area contributed by atoms with Crippen LogP contribution in [0.25, 0.3) is 0 Å². The Morgan fingerprint density at radius 2 is 1.47 bits per heavy atom. The first-order valence-electron chi connectivity index (χ1n) is 13.3. The number of likely N-dealkylation sites (tertiary alicyclic amines) is 2. The molecule has 4 aliphatic rings. The van der Waals surface area contributed by atoms with Crippen molar-refractivity contribution >= 4 is 23.4 Å². The fourth-order valence-electron chi connectivity index (χ4n) is 6.42. The van der Waals surface area contributed by atoms with E-state index in [1.54, 1.807) is 4.90 Å². The second-order valence-electron chi connectivity index (χ2n) is 10.7. The highest BCUT2D eigenvalue weighted by atomic mass is 16.2. The Balaban J connectivity index is 1.17. The van der Waals surface area contributed by atoms with E-state index in [4.69, 9.17) is 0 Å². The Morgan fingerprint density at radius 1 is 0.833 bits per heavy atom. The van der Waals surface area contributed by atoms with Crippen molar-refractivity contribution in [3.8, 4) is 0 Å². The first-order chi connectivity index (χ1) is 17.6. The summed E-state index contributed by atoms with van der Waals surface area (Å²) in [5, 5.41) is 0. The average Bonchev–Trinajstić information content (AvgIpc) is 3.45. The van der Waals surface area contributed by atoms with Gasteiger partial charge >= 0.3 is 0 Å². The molecule has 3 amide bonds. The molecular formula is C29H34N4O3. The molecular weight excluding hydrogens is 452 g/mol. The standard InChI is InChI=1S/C29H34N4O3/c34-26(30-15-7-8-16-30)20-32-21-33(23-11-5-2-6-12-23)29(28(32)36)13-17-31(18-14-29)27(35)25-19-24(25)22-9-3-1-4-10-22/h1-6,9-12,24-25H,7-8,13-21H2. The van der Waals surface area contributed by atoms with Crippen LogP contribution >= 0.6 is 0 Å². The summed E-state index contributed by atoms with van der Waals surface area (Å²) in [6.45, 7) is 3.26. The van der Waals surface area contributed by atoms with Crippen molar-refractivity contribution < 1.29 is 14.4 Å². The van der Waals surface area contributed by atoms with Crippen molar-refractivity contribution in [3.05, 3.63) is 66.2 Å². The van der Waals surface area contributed by atoms with Crippen LogP contribution in [-0.4, -0.2) is 77.4 Å². The Labute approximate surface area is 212 Å². The van der Waals surface area contributed by atoms with E-state index in [0.717, 1.165) is 38.0 Å². The molecule has 0 aromatic heterocycles. The number of amides is 3. The molecule has 2 aromatic rings. The zero-order valence-electron chi connectivity index (χ0n) is 20.7. The number of carbonyl (C=O) groups is 3. The molecule has 1 saturated carbocycles. The number of benzene rings is 2. The number of carbonyl (C=O) groups excluding carboxylic acids is 3. The van der Waals surface area contributed by atoms with Crippen LogP contribution in [0.2, 0.25) is 0 Å². The molecule has 3 saturated heterocycles. The molecule has 36 heavy (non-hydrogen) atoms. The topological polar surface area (TPSA) is 64.2 Å². The van der Waals surface area contributed by atoms with Crippen LogP contribution in [0.5, 0.6) is 0 Å². The maximum Gasteiger partial charge on any atom is 0.250 e. The van der Waals surface area contributed by atoms with Gasteiger partial charge in [0.05, 0.1) is 6.67 Å². The summed E-state index contributed by atoms with van der Waals surface area (Å²) in [5.41, 5.74) is 1.53. The highest BCUT2D eigenvalue weighted by Crippen LogP contribution is 2.49. The molecule has 0 bridgehead atoms. The van der Waals surface area contributed by atoms with Crippen LogP contribution in [0, 0.1) is 5.92 Å². The molecule has 2 atom stereocenters. The number of hydrogen-bond donors (Lipinski definition) is 0. The van der Waals surface area contributed by atoms with E-state index >= 15 is 0 Å². The molecule has 188 valence electrons. The molecule has 2 aromatic carbocycles. The molecule has 4 fully saturated rings. The third kappa shape index (κ3) is 4.04. The van der Waals surface area contributed by atoms with Gasteiger partial charge in [-0.2, -0.15) is 0 Å². The maximum absolute atomic E-state index is 13.9. The fourth-order valence-corrected chi connectivity index (χ4v) is 6.42. The normalized spacial score (nSPS) is 25.1. The lowest BCUT2D eigenvalue weighted by Gasteiger charge is -2.43. The molecule has 0 radical (unpaired) electrons. The van der Waals surface area contributed by atoms with Crippen LogP contribution in [0.15, 0.2) is 60.7 Å². The van der Waals surface area contributed by atoms with Gasteiger partial charge in [-0.15, -0.1) is 0 Å². The highest BCUT2D eigenvalue weighted by molar-refractivity contribution is 5.96. The monoisotopic (exact) mass is 486 g/mol. The van der Waals surface area contributed by atoms with Crippen LogP contribution in [0.4, 0.5) is 5.69 Å². The van der Waals surface area contributed by atoms with Crippen LogP contribution in [-0.2, 0) is 14.4 Å². The van der Waals surface area contributed by atoms with Crippen molar-refractivity contribution in [2.75, 3.05) is 44.3 Å². The summed E-state index contributed by atoms with van der Waals surface area (Å²) in [5.74, 6) is 0.659. The second kappa shape index (κ2) is 9.26. The second-order valence-corrected chi connectivity index (χ2v) is 10.7. The van der Waals surface area contributed by atoms with Crippen molar-refractivity contribution in [2.45, 2.75) is 43.6 Å². The lowest BCUT2D eigenvalue weighted by molar-refractivity contribution is -0.142. The Morgan fingerprint density at radius 3 is 2.14 bits per heavy atom. The van der Waals surface area contributed by atoms with Gasteiger partial charge in [-0.25, -0.2) is 0 Å². The minimum Gasteiger partial charge on any atom is -0.342 e. The SMILES string of the molecule is O=C(CN1CN(c2ccccc2)C2(CCN(C(=O)C3CC3c3ccccc3)CC2)C1=O)N1CCCC1. The predicted molar refractivity (Wildman–Crippen MR) is 137 cm³/mol. The largest absolute Gasteiger partial charge is 0.342 e. The minimum atomic E-state index is -0.703. The summed E-state index contributed by atoms with van der Waals surface area (Å²) in [6, 6.07) is 20.3. The smallest absolute Gasteiger partial charge is 0.250 e. The van der Waals surface area contributed by atoms with E-state index in [0.29, 0.717) is 38.5 Å². The number of para-hydroxylation sites is 1. The van der Waals surface area contributed by atoms with E-state index < -0.39 is 5.54 Å². The van der Waals surface area contributed by atoms with Gasteiger partial charge in [0.1, 0.15) is 12.1 Å². The zero-order chi connectivity index (χ0) is 24.7. The van der Waals surface area contributed by atoms with Gasteiger partial charge in [-0.1, -0.05) is 48.5 Å². The van der Waals surface area contributed by atoms with Gasteiger partial charge in [0, 0.05) is 37.8 Å². The van der Waals surface area contributed by atoms with Gasteiger partial charge in [0.2, 0.25) is 11.8 Å². The van der Waals surface area contributed by atoms with Gasteiger partial charge in [0.25, 0.3) is 5.91 Å². The van der Waals surface area contributed by atoms with Crippen molar-refractivity contribution in [1.82, 2.24) is 14.7 Å². The zero-order valence-corrected chi connectivity index (χ0v) is 20.7. The minimum absolute atomic E-state index is 0.0274.